The molecule has 2 N–H and O–H groups in total. The molecule has 1 heterocycles. The Morgan fingerprint density at radius 3 is 2.43 bits per heavy atom. The van der Waals surface area contributed by atoms with E-state index in [1.165, 1.54) is 18.2 Å². The number of anilines is 1. The van der Waals surface area contributed by atoms with Gasteiger partial charge in [-0.25, -0.2) is 8.42 Å². The first-order valence-electron chi connectivity index (χ1n) is 9.41. The van der Waals surface area contributed by atoms with E-state index < -0.39 is 10.0 Å². The maximum absolute atomic E-state index is 12.5. The van der Waals surface area contributed by atoms with Crippen LogP contribution < -0.4 is 14.8 Å². The molecule has 0 unspecified atom stereocenters. The standard InChI is InChI=1S/C20H23Cl2N3O4S/c1-25-10-8-15(9-11-25)23-20(26)13-29-19-7-6-17(12-18(19)22)30(27,28)24-16-4-2-14(21)3-5-16/h2-7,12,15,24H,8-11,13H2,1H3,(H,23,26). The van der Waals surface area contributed by atoms with Crippen LogP contribution in [0.15, 0.2) is 47.4 Å². The van der Waals surface area contributed by atoms with Crippen molar-refractivity contribution in [3.05, 3.63) is 52.5 Å². The van der Waals surface area contributed by atoms with Crippen molar-refractivity contribution in [2.24, 2.45) is 0 Å². The Hall–Kier alpha value is -2.00. The fraction of sp³-hybridized carbons (Fsp3) is 0.350. The highest BCUT2D eigenvalue weighted by molar-refractivity contribution is 7.92. The molecule has 0 radical (unpaired) electrons. The van der Waals surface area contributed by atoms with Crippen LogP contribution >= 0.6 is 23.2 Å². The van der Waals surface area contributed by atoms with E-state index in [1.54, 1.807) is 24.3 Å². The smallest absolute Gasteiger partial charge is 0.261 e. The number of sulfonamides is 1. The summed E-state index contributed by atoms with van der Waals surface area (Å²) in [5, 5.41) is 3.55. The number of hydrogen-bond donors (Lipinski definition) is 2. The van der Waals surface area contributed by atoms with Gasteiger partial charge in [0.15, 0.2) is 6.61 Å². The molecule has 3 rings (SSSR count). The fourth-order valence-corrected chi connectivity index (χ4v) is 4.57. The summed E-state index contributed by atoms with van der Waals surface area (Å²) < 4.78 is 33.0. The van der Waals surface area contributed by atoms with Gasteiger partial charge in [-0.3, -0.25) is 9.52 Å². The molecular formula is C20H23Cl2N3O4S. The molecule has 1 saturated heterocycles. The average Bonchev–Trinajstić information content (AvgIpc) is 2.70. The number of piperidine rings is 1. The van der Waals surface area contributed by atoms with Gasteiger partial charge in [0.2, 0.25) is 0 Å². The first-order chi connectivity index (χ1) is 14.2. The lowest BCUT2D eigenvalue weighted by molar-refractivity contribution is -0.124. The summed E-state index contributed by atoms with van der Waals surface area (Å²) in [6, 6.07) is 10.5. The van der Waals surface area contributed by atoms with Crippen molar-refractivity contribution in [1.29, 1.82) is 0 Å². The maximum Gasteiger partial charge on any atom is 0.261 e. The number of nitrogens with one attached hydrogen (secondary N) is 2. The van der Waals surface area contributed by atoms with Gasteiger partial charge < -0.3 is 15.0 Å². The topological polar surface area (TPSA) is 87.7 Å². The Kier molecular flexibility index (Phi) is 7.46. The number of benzene rings is 2. The monoisotopic (exact) mass is 471 g/mol. The minimum Gasteiger partial charge on any atom is -0.482 e. The molecule has 0 saturated carbocycles. The summed E-state index contributed by atoms with van der Waals surface area (Å²) in [6.45, 7) is 1.69. The molecule has 7 nitrogen and oxygen atoms in total. The Labute approximate surface area is 186 Å². The second-order valence-corrected chi connectivity index (χ2v) is 9.66. The summed E-state index contributed by atoms with van der Waals surface area (Å²) in [5.41, 5.74) is 0.376. The van der Waals surface area contributed by atoms with Crippen molar-refractivity contribution in [2.45, 2.75) is 23.8 Å². The molecule has 1 aliphatic rings. The Morgan fingerprint density at radius 1 is 1.13 bits per heavy atom. The van der Waals surface area contributed by atoms with Crippen LogP contribution in [0, 0.1) is 0 Å². The molecule has 1 amide bonds. The van der Waals surface area contributed by atoms with Crippen LogP contribution in [0.3, 0.4) is 0 Å². The van der Waals surface area contributed by atoms with Crippen molar-refractivity contribution in [2.75, 3.05) is 31.5 Å². The zero-order valence-electron chi connectivity index (χ0n) is 16.4. The van der Waals surface area contributed by atoms with Gasteiger partial charge >= 0.3 is 0 Å². The normalized spacial score (nSPS) is 15.6. The number of carbonyl (C=O) groups excluding carboxylic acids is 1. The molecule has 30 heavy (non-hydrogen) atoms. The van der Waals surface area contributed by atoms with Crippen LogP contribution in [0.1, 0.15) is 12.8 Å². The molecule has 10 heteroatoms. The molecule has 1 fully saturated rings. The molecule has 162 valence electrons. The van der Waals surface area contributed by atoms with Crippen LogP contribution in [0.5, 0.6) is 5.75 Å². The maximum atomic E-state index is 12.5. The number of halogens is 2. The second-order valence-electron chi connectivity index (χ2n) is 7.14. The van der Waals surface area contributed by atoms with Crippen molar-refractivity contribution >= 4 is 44.8 Å². The second kappa shape index (κ2) is 9.87. The average molecular weight is 472 g/mol. The molecule has 0 aromatic heterocycles. The minimum atomic E-state index is -3.84. The predicted molar refractivity (Wildman–Crippen MR) is 118 cm³/mol. The van der Waals surface area contributed by atoms with E-state index in [1.807, 2.05) is 0 Å². The van der Waals surface area contributed by atoms with Crippen molar-refractivity contribution in [3.8, 4) is 5.75 Å². The van der Waals surface area contributed by atoms with E-state index in [0.29, 0.717) is 10.7 Å². The third-order valence-corrected chi connectivity index (χ3v) is 6.68. The molecule has 0 spiro atoms. The van der Waals surface area contributed by atoms with Crippen LogP contribution in [-0.2, 0) is 14.8 Å². The molecule has 0 atom stereocenters. The first-order valence-corrected chi connectivity index (χ1v) is 11.7. The van der Waals surface area contributed by atoms with Crippen molar-refractivity contribution in [3.63, 3.8) is 0 Å². The summed E-state index contributed by atoms with van der Waals surface area (Å²) in [5.74, 6) is 0.00219. The SMILES string of the molecule is CN1CCC(NC(=O)COc2ccc(S(=O)(=O)Nc3ccc(Cl)cc3)cc2Cl)CC1. The van der Waals surface area contributed by atoms with Gasteiger partial charge in [-0.05, 0) is 75.4 Å². The van der Waals surface area contributed by atoms with Gasteiger partial charge in [-0.2, -0.15) is 0 Å². The summed E-state index contributed by atoms with van der Waals surface area (Å²) in [4.78, 5) is 14.3. The van der Waals surface area contributed by atoms with Gasteiger partial charge in [0.05, 0.1) is 9.92 Å². The zero-order valence-corrected chi connectivity index (χ0v) is 18.7. The van der Waals surface area contributed by atoms with Gasteiger partial charge in [0.1, 0.15) is 5.75 Å². The number of likely N-dealkylation sites (tertiary alicyclic amines) is 1. The summed E-state index contributed by atoms with van der Waals surface area (Å²) >= 11 is 12.0. The summed E-state index contributed by atoms with van der Waals surface area (Å²) in [6.07, 6.45) is 1.80. The zero-order chi connectivity index (χ0) is 21.7. The van der Waals surface area contributed by atoms with E-state index in [4.69, 9.17) is 27.9 Å². The largest absolute Gasteiger partial charge is 0.482 e. The highest BCUT2D eigenvalue weighted by Gasteiger charge is 2.20. The third-order valence-electron chi connectivity index (χ3n) is 4.75. The fourth-order valence-electron chi connectivity index (χ4n) is 3.06. The number of ether oxygens (including phenoxy) is 1. The molecule has 0 aliphatic carbocycles. The molecule has 0 bridgehead atoms. The third kappa shape index (κ3) is 6.25. The quantitative estimate of drug-likeness (QED) is 0.645. The first kappa shape index (κ1) is 22.7. The molecule has 2 aromatic carbocycles. The van der Waals surface area contributed by atoms with E-state index >= 15 is 0 Å². The number of nitrogens with zero attached hydrogens (tertiary/aromatic N) is 1. The lowest BCUT2D eigenvalue weighted by atomic mass is 10.1. The summed E-state index contributed by atoms with van der Waals surface area (Å²) in [7, 11) is -1.78. The highest BCUT2D eigenvalue weighted by atomic mass is 35.5. The predicted octanol–water partition coefficient (Wildman–Crippen LogP) is 3.38. The van der Waals surface area contributed by atoms with Crippen LogP contribution in [0.4, 0.5) is 5.69 Å². The Balaban J connectivity index is 1.57. The minimum absolute atomic E-state index is 0.0226. The number of hydrogen-bond acceptors (Lipinski definition) is 5. The van der Waals surface area contributed by atoms with E-state index in [2.05, 4.69) is 22.0 Å². The van der Waals surface area contributed by atoms with Crippen LogP contribution in [0.25, 0.3) is 0 Å². The number of rotatable bonds is 7. The Morgan fingerprint density at radius 2 is 1.80 bits per heavy atom. The lowest BCUT2D eigenvalue weighted by Crippen LogP contribution is -2.44. The molecule has 2 aromatic rings. The van der Waals surface area contributed by atoms with Gasteiger partial charge in [0.25, 0.3) is 15.9 Å². The number of amides is 1. The Bertz CT molecular complexity index is 992. The van der Waals surface area contributed by atoms with Gasteiger partial charge in [-0.1, -0.05) is 23.2 Å². The van der Waals surface area contributed by atoms with Crippen LogP contribution in [-0.4, -0.2) is 52.0 Å². The highest BCUT2D eigenvalue weighted by Crippen LogP contribution is 2.28. The molecule has 1 aliphatic heterocycles. The molecular weight excluding hydrogens is 449 g/mol. The van der Waals surface area contributed by atoms with Gasteiger partial charge in [0, 0.05) is 16.8 Å². The van der Waals surface area contributed by atoms with Crippen molar-refractivity contribution < 1.29 is 17.9 Å². The van der Waals surface area contributed by atoms with Crippen LogP contribution in [0.2, 0.25) is 10.0 Å². The number of carbonyl (C=O) groups is 1. The van der Waals surface area contributed by atoms with Gasteiger partial charge in [-0.15, -0.1) is 0 Å². The van der Waals surface area contributed by atoms with E-state index in [9.17, 15) is 13.2 Å². The van der Waals surface area contributed by atoms with E-state index in [-0.39, 0.29) is 34.2 Å². The lowest BCUT2D eigenvalue weighted by Gasteiger charge is -2.29. The van der Waals surface area contributed by atoms with Crippen molar-refractivity contribution in [1.82, 2.24) is 10.2 Å². The van der Waals surface area contributed by atoms with E-state index in [0.717, 1.165) is 25.9 Å².